The van der Waals surface area contributed by atoms with Gasteiger partial charge in [0.2, 0.25) is 11.8 Å². The fourth-order valence-electron chi connectivity index (χ4n) is 0.631. The molecular weight excluding hydrogens is 220 g/mol. The molecule has 7 heteroatoms. The normalized spacial score (nSPS) is 17.7. The molecule has 0 fully saturated rings. The first kappa shape index (κ1) is 7.98. The monoisotopic (exact) mass is 238 g/mol. The Hall–Kier alpha value is -1.24. The first-order valence-corrected chi connectivity index (χ1v) is 4.84. The standard InChI is InChI=1S/C8H14N2O4S/c1-5(11)10-6(8(13)14)4-15-3-2-7(9)12/h6H,2-4H2,1H3,(H2,9,12)(H,10,11)(H,13,14)/t6-/m0/s1/i2D2,3D2. The maximum absolute atomic E-state index is 10.8. The molecule has 15 heavy (non-hydrogen) atoms. The Morgan fingerprint density at radius 2 is 2.20 bits per heavy atom. The molecule has 86 valence electrons. The van der Waals surface area contributed by atoms with E-state index in [2.05, 4.69) is 5.32 Å². The van der Waals surface area contributed by atoms with Gasteiger partial charge in [-0.05, 0) is 0 Å². The average Bonchev–Trinajstić information content (AvgIpc) is 2.22. The third kappa shape index (κ3) is 7.80. The van der Waals surface area contributed by atoms with Crippen LogP contribution in [0.1, 0.15) is 18.8 Å². The highest BCUT2D eigenvalue weighted by atomic mass is 32.2. The summed E-state index contributed by atoms with van der Waals surface area (Å²) in [5.74, 6) is -3.95. The summed E-state index contributed by atoms with van der Waals surface area (Å²) in [4.78, 5) is 32.4. The molecule has 6 nitrogen and oxygen atoms in total. The summed E-state index contributed by atoms with van der Waals surface area (Å²) in [5.41, 5.74) is 2.03. The van der Waals surface area contributed by atoms with Crippen molar-refractivity contribution in [3.05, 3.63) is 0 Å². The minimum atomic E-state index is -2.96. The number of carboxylic acid groups (broad SMARTS) is 1. The first-order chi connectivity index (χ1) is 8.41. The summed E-state index contributed by atoms with van der Waals surface area (Å²) in [6.45, 7) is 1.10. The van der Waals surface area contributed by atoms with E-state index in [1.165, 1.54) is 0 Å². The molecule has 4 N–H and O–H groups in total. The second-order valence-corrected chi connectivity index (χ2v) is 3.32. The van der Waals surface area contributed by atoms with Crippen LogP contribution in [0.3, 0.4) is 0 Å². The second kappa shape index (κ2) is 7.10. The van der Waals surface area contributed by atoms with Gasteiger partial charge in [-0.25, -0.2) is 4.79 Å². The zero-order valence-corrected chi connectivity index (χ0v) is 8.76. The highest BCUT2D eigenvalue weighted by Gasteiger charge is 2.17. The third-order valence-electron chi connectivity index (χ3n) is 1.17. The van der Waals surface area contributed by atoms with Crippen LogP contribution in [0.5, 0.6) is 0 Å². The quantitative estimate of drug-likeness (QED) is 0.537. The van der Waals surface area contributed by atoms with Crippen LogP contribution >= 0.6 is 11.8 Å². The fraction of sp³-hybridized carbons (Fsp3) is 0.625. The van der Waals surface area contributed by atoms with E-state index in [-0.39, 0.29) is 11.8 Å². The van der Waals surface area contributed by atoms with Gasteiger partial charge in [-0.1, -0.05) is 0 Å². The molecule has 0 heterocycles. The number of nitrogens with two attached hydrogens (primary N) is 1. The van der Waals surface area contributed by atoms with Crippen molar-refractivity contribution in [3.8, 4) is 0 Å². The number of aliphatic carboxylic acids is 1. The lowest BCUT2D eigenvalue weighted by Crippen LogP contribution is -2.41. The Balaban J connectivity index is 4.80. The topological polar surface area (TPSA) is 109 Å². The summed E-state index contributed by atoms with van der Waals surface area (Å²) in [7, 11) is 0. The van der Waals surface area contributed by atoms with Crippen molar-refractivity contribution < 1.29 is 25.0 Å². The van der Waals surface area contributed by atoms with E-state index >= 15 is 0 Å². The van der Waals surface area contributed by atoms with Gasteiger partial charge in [0, 0.05) is 30.2 Å². The van der Waals surface area contributed by atoms with E-state index in [9.17, 15) is 14.4 Å². The molecule has 0 aromatic rings. The molecule has 1 atom stereocenters. The number of hydrogen-bond acceptors (Lipinski definition) is 4. The van der Waals surface area contributed by atoms with Gasteiger partial charge in [-0.15, -0.1) is 0 Å². The van der Waals surface area contributed by atoms with Crippen LogP contribution in [-0.4, -0.2) is 40.4 Å². The van der Waals surface area contributed by atoms with Gasteiger partial charge in [0.15, 0.2) is 0 Å². The third-order valence-corrected chi connectivity index (χ3v) is 1.92. The van der Waals surface area contributed by atoms with E-state index < -0.39 is 41.7 Å². The van der Waals surface area contributed by atoms with Crippen molar-refractivity contribution in [2.24, 2.45) is 5.73 Å². The summed E-state index contributed by atoms with van der Waals surface area (Å²) >= 11 is 0.254. The predicted molar refractivity (Wildman–Crippen MR) is 56.4 cm³/mol. The van der Waals surface area contributed by atoms with Gasteiger partial charge < -0.3 is 16.2 Å². The van der Waals surface area contributed by atoms with Crippen LogP contribution in [0, 0.1) is 0 Å². The molecule has 0 radical (unpaired) electrons. The molecule has 2 amide bonds. The minimum absolute atomic E-state index is 0.254. The maximum Gasteiger partial charge on any atom is 0.327 e. The fourth-order valence-corrected chi connectivity index (χ4v) is 1.28. The lowest BCUT2D eigenvalue weighted by molar-refractivity contribution is -0.140. The number of nitrogens with one attached hydrogen (secondary N) is 1. The molecule has 0 aliphatic heterocycles. The number of carbonyl (C=O) groups excluding carboxylic acids is 2. The van der Waals surface area contributed by atoms with Crippen LogP contribution in [-0.2, 0) is 14.4 Å². The lowest BCUT2D eigenvalue weighted by Gasteiger charge is -2.12. The molecule has 0 aliphatic carbocycles. The first-order valence-electron chi connectivity index (χ1n) is 5.85. The van der Waals surface area contributed by atoms with Crippen molar-refractivity contribution >= 4 is 29.5 Å². The molecule has 0 aliphatic rings. The summed E-state index contributed by atoms with van der Waals surface area (Å²) in [6.07, 6.45) is -2.96. The zero-order chi connectivity index (χ0) is 15.4. The van der Waals surface area contributed by atoms with E-state index in [1.807, 2.05) is 0 Å². The van der Waals surface area contributed by atoms with Crippen molar-refractivity contribution in [2.45, 2.75) is 19.3 Å². The summed E-state index contributed by atoms with van der Waals surface area (Å²) < 4.78 is 29.3. The van der Waals surface area contributed by atoms with Gasteiger partial charge >= 0.3 is 5.97 Å². The molecule has 0 rings (SSSR count). The number of amides is 2. The minimum Gasteiger partial charge on any atom is -0.480 e. The highest BCUT2D eigenvalue weighted by Crippen LogP contribution is 2.05. The van der Waals surface area contributed by atoms with E-state index in [0.717, 1.165) is 6.92 Å². The summed E-state index contributed by atoms with van der Waals surface area (Å²) in [5, 5.41) is 10.9. The smallest absolute Gasteiger partial charge is 0.327 e. The molecule has 0 spiro atoms. The number of carbonyl (C=O) groups is 3. The molecule has 0 saturated heterocycles. The highest BCUT2D eigenvalue weighted by molar-refractivity contribution is 7.99. The number of carboxylic acids is 1. The van der Waals surface area contributed by atoms with Crippen molar-refractivity contribution in [3.63, 3.8) is 0 Å². The molecule has 0 saturated carbocycles. The van der Waals surface area contributed by atoms with Crippen LogP contribution in [0.25, 0.3) is 0 Å². The van der Waals surface area contributed by atoms with E-state index in [0.29, 0.717) is 0 Å². The number of primary amides is 1. The maximum atomic E-state index is 10.8. The van der Waals surface area contributed by atoms with Crippen LogP contribution < -0.4 is 11.1 Å². The SMILES string of the molecule is [2H]C([2H])(SC[C@H](NC(C)=O)C(=O)O)C([2H])([2H])C(N)=O. The Kier molecular flexibility index (Phi) is 3.78. The largest absolute Gasteiger partial charge is 0.480 e. The van der Waals surface area contributed by atoms with Crippen LogP contribution in [0.15, 0.2) is 0 Å². The average molecular weight is 238 g/mol. The van der Waals surface area contributed by atoms with Gasteiger partial charge in [0.25, 0.3) is 0 Å². The Labute approximate surface area is 97.2 Å². The zero-order valence-electron chi connectivity index (χ0n) is 11.9. The Morgan fingerprint density at radius 1 is 1.60 bits per heavy atom. The van der Waals surface area contributed by atoms with Gasteiger partial charge in [-0.3, -0.25) is 9.59 Å². The van der Waals surface area contributed by atoms with Crippen molar-refractivity contribution in [1.29, 1.82) is 0 Å². The van der Waals surface area contributed by atoms with Gasteiger partial charge in [0.05, 0.1) is 0 Å². The number of thioether (sulfide) groups is 1. The van der Waals surface area contributed by atoms with Gasteiger partial charge in [-0.2, -0.15) is 11.8 Å². The number of rotatable bonds is 7. The lowest BCUT2D eigenvalue weighted by atomic mass is 10.3. The van der Waals surface area contributed by atoms with E-state index in [1.54, 1.807) is 0 Å². The Bertz CT molecular complexity index is 391. The number of hydrogen-bond donors (Lipinski definition) is 3. The molecule has 0 aromatic carbocycles. The second-order valence-electron chi connectivity index (χ2n) is 2.49. The van der Waals surface area contributed by atoms with Crippen molar-refractivity contribution in [2.75, 3.05) is 11.5 Å². The van der Waals surface area contributed by atoms with Crippen LogP contribution in [0.4, 0.5) is 0 Å². The van der Waals surface area contributed by atoms with E-state index in [4.69, 9.17) is 16.3 Å². The molecule has 0 aromatic heterocycles. The molecule has 0 bridgehead atoms. The Morgan fingerprint density at radius 3 is 2.60 bits per heavy atom. The van der Waals surface area contributed by atoms with Gasteiger partial charge in [0.1, 0.15) is 6.04 Å². The predicted octanol–water partition coefficient (Wildman–Crippen LogP) is -0.816. The molecular formula is C8H14N2O4S. The molecule has 0 unspecified atom stereocenters. The van der Waals surface area contributed by atoms with Crippen molar-refractivity contribution in [1.82, 2.24) is 5.32 Å². The van der Waals surface area contributed by atoms with Crippen LogP contribution in [0.2, 0.25) is 0 Å². The summed E-state index contributed by atoms with van der Waals surface area (Å²) in [6, 6.07) is -1.39.